The van der Waals surface area contributed by atoms with Gasteiger partial charge in [-0.2, -0.15) is 0 Å². The highest BCUT2D eigenvalue weighted by molar-refractivity contribution is 7.09. The van der Waals surface area contributed by atoms with Crippen LogP contribution in [0.3, 0.4) is 0 Å². The Labute approximate surface area is 152 Å². The lowest BCUT2D eigenvalue weighted by Crippen LogP contribution is -2.13. The standard InChI is InChI=1S/C20H20ClNOS/c1-15-4-2-5-16(10-15)14-23-20-8-7-18(21)11-17(20)12-22-13-19-6-3-9-24-19/h2-11,22H,12-14H2,1H3. The topological polar surface area (TPSA) is 21.3 Å². The molecule has 0 fully saturated rings. The van der Waals surface area contributed by atoms with Gasteiger partial charge < -0.3 is 10.1 Å². The fourth-order valence-electron chi connectivity index (χ4n) is 2.52. The Morgan fingerprint density at radius 1 is 1.04 bits per heavy atom. The van der Waals surface area contributed by atoms with Crippen molar-refractivity contribution in [2.24, 2.45) is 0 Å². The maximum absolute atomic E-state index is 6.15. The summed E-state index contributed by atoms with van der Waals surface area (Å²) in [6, 6.07) is 18.3. The Morgan fingerprint density at radius 3 is 2.75 bits per heavy atom. The number of nitrogens with one attached hydrogen (secondary N) is 1. The van der Waals surface area contributed by atoms with E-state index >= 15 is 0 Å². The summed E-state index contributed by atoms with van der Waals surface area (Å²) in [7, 11) is 0. The van der Waals surface area contributed by atoms with Crippen LogP contribution < -0.4 is 10.1 Å². The third-order valence-corrected chi connectivity index (χ3v) is 4.81. The monoisotopic (exact) mass is 357 g/mol. The van der Waals surface area contributed by atoms with Gasteiger partial charge in [0.1, 0.15) is 12.4 Å². The lowest BCUT2D eigenvalue weighted by molar-refractivity contribution is 0.302. The molecule has 0 aliphatic carbocycles. The van der Waals surface area contributed by atoms with Gasteiger partial charge in [0, 0.05) is 28.6 Å². The number of hydrogen-bond acceptors (Lipinski definition) is 3. The number of hydrogen-bond donors (Lipinski definition) is 1. The average Bonchev–Trinajstić information content (AvgIpc) is 3.07. The number of rotatable bonds is 7. The van der Waals surface area contributed by atoms with Crippen LogP contribution in [0.4, 0.5) is 0 Å². The van der Waals surface area contributed by atoms with Crippen molar-refractivity contribution >= 4 is 22.9 Å². The fourth-order valence-corrected chi connectivity index (χ4v) is 3.39. The molecule has 0 atom stereocenters. The molecule has 24 heavy (non-hydrogen) atoms. The molecule has 124 valence electrons. The van der Waals surface area contributed by atoms with Crippen molar-refractivity contribution in [3.05, 3.63) is 86.6 Å². The van der Waals surface area contributed by atoms with E-state index in [4.69, 9.17) is 16.3 Å². The molecular weight excluding hydrogens is 338 g/mol. The fraction of sp³-hybridized carbons (Fsp3) is 0.200. The van der Waals surface area contributed by atoms with Gasteiger partial charge in [-0.05, 0) is 42.1 Å². The highest BCUT2D eigenvalue weighted by Gasteiger charge is 2.06. The van der Waals surface area contributed by atoms with E-state index in [1.165, 1.54) is 16.0 Å². The summed E-state index contributed by atoms with van der Waals surface area (Å²) in [6.07, 6.45) is 0. The lowest BCUT2D eigenvalue weighted by atomic mass is 10.1. The van der Waals surface area contributed by atoms with Crippen LogP contribution in [0.2, 0.25) is 5.02 Å². The van der Waals surface area contributed by atoms with Crippen LogP contribution in [0, 0.1) is 6.92 Å². The Kier molecular flexibility index (Phi) is 5.91. The zero-order valence-electron chi connectivity index (χ0n) is 13.6. The Morgan fingerprint density at radius 2 is 1.96 bits per heavy atom. The van der Waals surface area contributed by atoms with E-state index in [0.717, 1.165) is 29.4 Å². The summed E-state index contributed by atoms with van der Waals surface area (Å²) < 4.78 is 6.02. The Hall–Kier alpha value is -1.81. The van der Waals surface area contributed by atoms with E-state index in [1.54, 1.807) is 11.3 Å². The molecule has 2 aromatic carbocycles. The first-order chi connectivity index (χ1) is 11.7. The average molecular weight is 358 g/mol. The predicted octanol–water partition coefficient (Wildman–Crippen LogP) is 5.58. The van der Waals surface area contributed by atoms with E-state index in [0.29, 0.717) is 6.61 Å². The smallest absolute Gasteiger partial charge is 0.124 e. The van der Waals surface area contributed by atoms with E-state index in [1.807, 2.05) is 18.2 Å². The van der Waals surface area contributed by atoms with Gasteiger partial charge in [-0.15, -0.1) is 11.3 Å². The molecule has 4 heteroatoms. The summed E-state index contributed by atoms with van der Waals surface area (Å²) in [6.45, 7) is 4.22. The molecule has 0 spiro atoms. The summed E-state index contributed by atoms with van der Waals surface area (Å²) in [5, 5.41) is 6.27. The highest BCUT2D eigenvalue weighted by Crippen LogP contribution is 2.24. The molecule has 0 aliphatic rings. The van der Waals surface area contributed by atoms with Crippen LogP contribution in [-0.4, -0.2) is 0 Å². The van der Waals surface area contributed by atoms with Crippen LogP contribution in [0.15, 0.2) is 60.0 Å². The molecule has 2 nitrogen and oxygen atoms in total. The molecule has 0 saturated heterocycles. The maximum Gasteiger partial charge on any atom is 0.124 e. The van der Waals surface area contributed by atoms with E-state index in [-0.39, 0.29) is 0 Å². The van der Waals surface area contributed by atoms with Crippen molar-refractivity contribution in [2.45, 2.75) is 26.6 Å². The van der Waals surface area contributed by atoms with Gasteiger partial charge in [0.05, 0.1) is 0 Å². The molecule has 0 saturated carbocycles. The third kappa shape index (κ3) is 4.84. The van der Waals surface area contributed by atoms with Gasteiger partial charge in [0.15, 0.2) is 0 Å². The summed E-state index contributed by atoms with van der Waals surface area (Å²) in [4.78, 5) is 1.32. The number of halogens is 1. The van der Waals surface area contributed by atoms with Crippen molar-refractivity contribution in [3.8, 4) is 5.75 Å². The molecular formula is C20H20ClNOS. The molecule has 3 aromatic rings. The zero-order valence-corrected chi connectivity index (χ0v) is 15.2. The summed E-state index contributed by atoms with van der Waals surface area (Å²) in [5.41, 5.74) is 3.49. The second-order valence-corrected chi connectivity index (χ2v) is 7.18. The zero-order chi connectivity index (χ0) is 16.8. The molecule has 0 bridgehead atoms. The normalized spacial score (nSPS) is 10.8. The molecule has 0 amide bonds. The predicted molar refractivity (Wildman–Crippen MR) is 102 cm³/mol. The first-order valence-corrected chi connectivity index (χ1v) is 9.16. The quantitative estimate of drug-likeness (QED) is 0.596. The largest absolute Gasteiger partial charge is 0.489 e. The SMILES string of the molecule is Cc1cccc(COc2ccc(Cl)cc2CNCc2cccs2)c1. The minimum Gasteiger partial charge on any atom is -0.489 e. The molecule has 0 aliphatic heterocycles. The molecule has 1 N–H and O–H groups in total. The minimum atomic E-state index is 0.557. The third-order valence-electron chi connectivity index (χ3n) is 3.69. The van der Waals surface area contributed by atoms with Gasteiger partial charge in [-0.1, -0.05) is 47.5 Å². The Balaban J connectivity index is 1.63. The van der Waals surface area contributed by atoms with E-state index in [9.17, 15) is 0 Å². The number of thiophene rings is 1. The van der Waals surface area contributed by atoms with Gasteiger partial charge in [0.2, 0.25) is 0 Å². The second kappa shape index (κ2) is 8.34. The molecule has 0 unspecified atom stereocenters. The lowest BCUT2D eigenvalue weighted by Gasteiger charge is -2.13. The minimum absolute atomic E-state index is 0.557. The van der Waals surface area contributed by atoms with Crippen molar-refractivity contribution < 1.29 is 4.74 Å². The van der Waals surface area contributed by atoms with Crippen molar-refractivity contribution in [1.29, 1.82) is 0 Å². The van der Waals surface area contributed by atoms with Crippen LogP contribution in [0.5, 0.6) is 5.75 Å². The Bertz CT molecular complexity index is 786. The van der Waals surface area contributed by atoms with Gasteiger partial charge in [-0.25, -0.2) is 0 Å². The van der Waals surface area contributed by atoms with Crippen LogP contribution in [-0.2, 0) is 19.7 Å². The number of ether oxygens (including phenoxy) is 1. The highest BCUT2D eigenvalue weighted by atomic mass is 35.5. The molecule has 0 radical (unpaired) electrons. The van der Waals surface area contributed by atoms with Crippen molar-refractivity contribution in [3.63, 3.8) is 0 Å². The summed E-state index contributed by atoms with van der Waals surface area (Å²) in [5.74, 6) is 0.875. The van der Waals surface area contributed by atoms with Gasteiger partial charge >= 0.3 is 0 Å². The van der Waals surface area contributed by atoms with Crippen LogP contribution in [0.1, 0.15) is 21.6 Å². The van der Waals surface area contributed by atoms with Crippen LogP contribution >= 0.6 is 22.9 Å². The molecule has 3 rings (SSSR count). The summed E-state index contributed by atoms with van der Waals surface area (Å²) >= 11 is 7.91. The molecule has 1 heterocycles. The first-order valence-electron chi connectivity index (χ1n) is 7.90. The van der Waals surface area contributed by atoms with E-state index in [2.05, 4.69) is 54.0 Å². The first kappa shape index (κ1) is 17.0. The van der Waals surface area contributed by atoms with Crippen LogP contribution in [0.25, 0.3) is 0 Å². The number of aryl methyl sites for hydroxylation is 1. The number of benzene rings is 2. The second-order valence-electron chi connectivity index (χ2n) is 5.71. The maximum atomic E-state index is 6.15. The van der Waals surface area contributed by atoms with E-state index < -0.39 is 0 Å². The van der Waals surface area contributed by atoms with Gasteiger partial charge in [0.25, 0.3) is 0 Å². The van der Waals surface area contributed by atoms with Gasteiger partial charge in [-0.3, -0.25) is 0 Å². The molecule has 1 aromatic heterocycles. The van der Waals surface area contributed by atoms with Crippen molar-refractivity contribution in [1.82, 2.24) is 5.32 Å². The van der Waals surface area contributed by atoms with Crippen molar-refractivity contribution in [2.75, 3.05) is 0 Å².